The number of hydrogen-bond acceptors (Lipinski definition) is 7. The highest BCUT2D eigenvalue weighted by Crippen LogP contribution is 2.33. The molecule has 0 bridgehead atoms. The summed E-state index contributed by atoms with van der Waals surface area (Å²) in [6.07, 6.45) is 2.64. The van der Waals surface area contributed by atoms with Crippen LogP contribution in [0.1, 0.15) is 15.2 Å². The van der Waals surface area contributed by atoms with Crippen LogP contribution in [0.15, 0.2) is 79.6 Å². The third-order valence-corrected chi connectivity index (χ3v) is 7.22. The van der Waals surface area contributed by atoms with Crippen molar-refractivity contribution in [1.29, 1.82) is 0 Å². The molecule has 0 spiro atoms. The number of para-hydroxylation sites is 1. The summed E-state index contributed by atoms with van der Waals surface area (Å²) in [5.41, 5.74) is 1.19. The average Bonchev–Trinajstić information content (AvgIpc) is 3.41. The lowest BCUT2D eigenvalue weighted by Gasteiger charge is -2.12. The molecule has 6 nitrogen and oxygen atoms in total. The Morgan fingerprint density at radius 2 is 2.00 bits per heavy atom. The molecule has 0 N–H and O–H groups in total. The van der Waals surface area contributed by atoms with E-state index in [1.807, 2.05) is 18.2 Å². The van der Waals surface area contributed by atoms with Gasteiger partial charge in [0, 0.05) is 4.47 Å². The van der Waals surface area contributed by atoms with Gasteiger partial charge < -0.3 is 4.42 Å². The maximum absolute atomic E-state index is 13.2. The second-order valence-electron chi connectivity index (χ2n) is 6.59. The molecule has 158 valence electrons. The van der Waals surface area contributed by atoms with E-state index in [0.717, 1.165) is 26.0 Å². The van der Waals surface area contributed by atoms with E-state index in [4.69, 9.17) is 16.0 Å². The van der Waals surface area contributed by atoms with Crippen molar-refractivity contribution in [3.8, 4) is 0 Å². The van der Waals surface area contributed by atoms with Crippen LogP contribution in [0.4, 0.5) is 5.13 Å². The number of carbonyl (C=O) groups excluding carboxylic acids is 1. The van der Waals surface area contributed by atoms with Crippen LogP contribution < -0.4 is 10.4 Å². The topological polar surface area (TPSA) is 75.8 Å². The molecule has 0 atom stereocenters. The molecule has 2 aromatic carbocycles. The van der Waals surface area contributed by atoms with Crippen molar-refractivity contribution in [3.63, 3.8) is 0 Å². The largest absolute Gasteiger partial charge is 0.463 e. The van der Waals surface area contributed by atoms with E-state index in [-0.39, 0.29) is 11.0 Å². The minimum Gasteiger partial charge on any atom is -0.463 e. The van der Waals surface area contributed by atoms with Crippen LogP contribution in [0.25, 0.3) is 21.2 Å². The molecule has 5 aromatic rings. The van der Waals surface area contributed by atoms with E-state index in [1.54, 1.807) is 36.4 Å². The highest BCUT2D eigenvalue weighted by Gasteiger charge is 2.23. The molecule has 0 radical (unpaired) electrons. The number of thiophene rings is 1. The molecule has 0 aliphatic carbocycles. The molecule has 0 aliphatic heterocycles. The van der Waals surface area contributed by atoms with E-state index >= 15 is 0 Å². The standard InChI is InChI=1S/C22H11BrClN3O3S2/c23-13-5-6-15-18(9-13)32-22(26-15)27(21(29)17-7-8-19(24)31-17)25-10-12-11-30-16-4-2-1-3-14(16)20(12)28/h1-11H/b25-10+. The summed E-state index contributed by atoms with van der Waals surface area (Å²) in [6.45, 7) is 0. The van der Waals surface area contributed by atoms with Crippen LogP contribution in [0.3, 0.4) is 0 Å². The number of benzene rings is 2. The molecule has 3 heterocycles. The average molecular weight is 545 g/mol. The van der Waals surface area contributed by atoms with Crippen molar-refractivity contribution >= 4 is 88.6 Å². The number of rotatable bonds is 4. The van der Waals surface area contributed by atoms with Gasteiger partial charge in [0.25, 0.3) is 5.91 Å². The SMILES string of the molecule is O=C(c1ccc(Cl)s1)N(/N=C/c1coc2ccccc2c1=O)c1nc2ccc(Br)cc2s1. The summed E-state index contributed by atoms with van der Waals surface area (Å²) >= 11 is 11.9. The molecule has 0 unspecified atom stereocenters. The molecule has 5 rings (SSSR count). The molecule has 0 fully saturated rings. The molecule has 0 saturated heterocycles. The zero-order chi connectivity index (χ0) is 22.2. The minimum absolute atomic E-state index is 0.217. The highest BCUT2D eigenvalue weighted by molar-refractivity contribution is 9.10. The third kappa shape index (κ3) is 4.00. The van der Waals surface area contributed by atoms with E-state index in [2.05, 4.69) is 26.0 Å². The first-order valence-corrected chi connectivity index (χ1v) is 12.0. The molecule has 1 amide bonds. The Morgan fingerprint density at radius 3 is 2.81 bits per heavy atom. The van der Waals surface area contributed by atoms with Gasteiger partial charge in [-0.05, 0) is 42.5 Å². The number of thiazole rings is 1. The van der Waals surface area contributed by atoms with Crippen LogP contribution in [-0.4, -0.2) is 17.1 Å². The van der Waals surface area contributed by atoms with Gasteiger partial charge in [-0.2, -0.15) is 10.1 Å². The fourth-order valence-corrected chi connectivity index (χ4v) is 5.44. The van der Waals surface area contributed by atoms with Crippen LogP contribution in [0, 0.1) is 0 Å². The van der Waals surface area contributed by atoms with Gasteiger partial charge in [0.15, 0.2) is 0 Å². The first kappa shape index (κ1) is 21.0. The molecule has 32 heavy (non-hydrogen) atoms. The lowest BCUT2D eigenvalue weighted by molar-refractivity contribution is 0.0991. The zero-order valence-electron chi connectivity index (χ0n) is 16.0. The first-order chi connectivity index (χ1) is 15.5. The molecule has 0 saturated carbocycles. The van der Waals surface area contributed by atoms with Gasteiger partial charge in [0.05, 0.1) is 36.6 Å². The molecule has 3 aromatic heterocycles. The summed E-state index contributed by atoms with van der Waals surface area (Å²) in [6, 6.07) is 15.9. The van der Waals surface area contributed by atoms with Gasteiger partial charge in [-0.1, -0.05) is 51.0 Å². The molecule has 0 aliphatic rings. The Morgan fingerprint density at radius 1 is 1.16 bits per heavy atom. The van der Waals surface area contributed by atoms with E-state index < -0.39 is 5.91 Å². The van der Waals surface area contributed by atoms with Crippen LogP contribution >= 0.6 is 50.2 Å². The molecule has 10 heteroatoms. The Hall–Kier alpha value is -2.85. The van der Waals surface area contributed by atoms with Gasteiger partial charge in [-0.3, -0.25) is 9.59 Å². The second-order valence-corrected chi connectivity index (χ2v) is 10.2. The van der Waals surface area contributed by atoms with Crippen LogP contribution in [0.2, 0.25) is 4.34 Å². The first-order valence-electron chi connectivity index (χ1n) is 9.20. The van der Waals surface area contributed by atoms with Gasteiger partial charge in [0.1, 0.15) is 11.8 Å². The Bertz CT molecular complexity index is 1570. The number of nitrogens with zero attached hydrogens (tertiary/aromatic N) is 3. The number of aromatic nitrogens is 1. The number of hydrogen-bond donors (Lipinski definition) is 0. The fourth-order valence-electron chi connectivity index (χ4n) is 3.00. The van der Waals surface area contributed by atoms with Crippen molar-refractivity contribution in [2.24, 2.45) is 5.10 Å². The predicted molar refractivity (Wildman–Crippen MR) is 134 cm³/mol. The normalized spacial score (nSPS) is 11.6. The van der Waals surface area contributed by atoms with Gasteiger partial charge in [-0.15, -0.1) is 11.3 Å². The van der Waals surface area contributed by atoms with Gasteiger partial charge in [-0.25, -0.2) is 4.98 Å². The number of hydrazone groups is 1. The number of amides is 1. The molecular formula is C22H11BrClN3O3S2. The summed E-state index contributed by atoms with van der Waals surface area (Å²) < 4.78 is 7.82. The van der Waals surface area contributed by atoms with Gasteiger partial charge in [0.2, 0.25) is 10.6 Å². The lowest BCUT2D eigenvalue weighted by atomic mass is 10.2. The van der Waals surface area contributed by atoms with Gasteiger partial charge >= 0.3 is 0 Å². The maximum Gasteiger partial charge on any atom is 0.290 e. The predicted octanol–water partition coefficient (Wildman–Crippen LogP) is 6.56. The third-order valence-electron chi connectivity index (χ3n) is 4.52. The van der Waals surface area contributed by atoms with Crippen molar-refractivity contribution < 1.29 is 9.21 Å². The fraction of sp³-hybridized carbons (Fsp3) is 0. The van der Waals surface area contributed by atoms with E-state index in [9.17, 15) is 9.59 Å². The number of anilines is 1. The summed E-state index contributed by atoms with van der Waals surface area (Å²) in [4.78, 5) is 31.0. The van der Waals surface area contributed by atoms with Crippen molar-refractivity contribution in [1.82, 2.24) is 4.98 Å². The minimum atomic E-state index is -0.401. The smallest absolute Gasteiger partial charge is 0.290 e. The Labute approximate surface area is 202 Å². The summed E-state index contributed by atoms with van der Waals surface area (Å²) in [5.74, 6) is -0.401. The number of halogens is 2. The lowest BCUT2D eigenvalue weighted by Crippen LogP contribution is -2.25. The summed E-state index contributed by atoms with van der Waals surface area (Å²) in [7, 11) is 0. The Balaban J connectivity index is 1.60. The van der Waals surface area contributed by atoms with E-state index in [1.165, 1.54) is 28.8 Å². The quantitative estimate of drug-likeness (QED) is 0.190. The van der Waals surface area contributed by atoms with Crippen LogP contribution in [-0.2, 0) is 0 Å². The number of fused-ring (bicyclic) bond motifs is 2. The second kappa shape index (κ2) is 8.59. The monoisotopic (exact) mass is 543 g/mol. The van der Waals surface area contributed by atoms with Crippen LogP contribution in [0.5, 0.6) is 0 Å². The Kier molecular flexibility index (Phi) is 5.64. The maximum atomic E-state index is 13.2. The number of carbonyl (C=O) groups is 1. The zero-order valence-corrected chi connectivity index (χ0v) is 20.0. The molecular weight excluding hydrogens is 534 g/mol. The highest BCUT2D eigenvalue weighted by atomic mass is 79.9. The van der Waals surface area contributed by atoms with Crippen molar-refractivity contribution in [2.75, 3.05) is 5.01 Å². The van der Waals surface area contributed by atoms with Crippen molar-refractivity contribution in [3.05, 3.63) is 90.3 Å². The van der Waals surface area contributed by atoms with E-state index in [0.29, 0.717) is 25.3 Å². The van der Waals surface area contributed by atoms with Crippen molar-refractivity contribution in [2.45, 2.75) is 0 Å². The summed E-state index contributed by atoms with van der Waals surface area (Å²) in [5, 5.41) is 6.31.